The highest BCUT2D eigenvalue weighted by Crippen LogP contribution is 2.22. The van der Waals surface area contributed by atoms with Crippen molar-refractivity contribution in [3.63, 3.8) is 0 Å². The molecule has 0 bridgehead atoms. The molecule has 4 nitrogen and oxygen atoms in total. The van der Waals surface area contributed by atoms with Crippen LogP contribution in [0.5, 0.6) is 0 Å². The smallest absolute Gasteiger partial charge is 0.178 e. The van der Waals surface area contributed by atoms with Gasteiger partial charge >= 0.3 is 0 Å². The first kappa shape index (κ1) is 11.8. The van der Waals surface area contributed by atoms with Crippen molar-refractivity contribution in [2.24, 2.45) is 0 Å². The van der Waals surface area contributed by atoms with Crippen LogP contribution in [0.4, 0.5) is 0 Å². The van der Waals surface area contributed by atoms with Crippen molar-refractivity contribution in [2.75, 3.05) is 0 Å². The van der Waals surface area contributed by atoms with Crippen LogP contribution in [0.2, 0.25) is 0 Å². The zero-order chi connectivity index (χ0) is 14.1. The van der Waals surface area contributed by atoms with Crippen LogP contribution in [0, 0.1) is 0 Å². The summed E-state index contributed by atoms with van der Waals surface area (Å²) in [7, 11) is 0. The summed E-state index contributed by atoms with van der Waals surface area (Å²) in [6.45, 7) is 0. The lowest BCUT2D eigenvalue weighted by Crippen LogP contribution is -1.97. The maximum absolute atomic E-state index is 4.67. The Hall–Kier alpha value is -3.01. The summed E-state index contributed by atoms with van der Waals surface area (Å²) in [5, 5.41) is 12.9. The van der Waals surface area contributed by atoms with E-state index in [-0.39, 0.29) is 0 Å². The molecule has 4 heteroatoms. The first-order valence-electron chi connectivity index (χ1n) is 6.74. The predicted molar refractivity (Wildman–Crippen MR) is 81.7 cm³/mol. The molecule has 0 radical (unpaired) electrons. The van der Waals surface area contributed by atoms with Crippen LogP contribution in [0.25, 0.3) is 28.2 Å². The van der Waals surface area contributed by atoms with Gasteiger partial charge in [0.1, 0.15) is 0 Å². The van der Waals surface area contributed by atoms with Crippen molar-refractivity contribution in [3.8, 4) is 22.5 Å². The Balaban J connectivity index is 1.93. The minimum atomic E-state index is 0.746. The third-order valence-corrected chi connectivity index (χ3v) is 3.40. The number of fused-ring (bicyclic) bond motifs is 1. The van der Waals surface area contributed by atoms with E-state index in [0.29, 0.717) is 0 Å². The summed E-state index contributed by atoms with van der Waals surface area (Å²) in [6, 6.07) is 22.1. The van der Waals surface area contributed by atoms with E-state index < -0.39 is 0 Å². The Morgan fingerprint density at radius 2 is 1.43 bits per heavy atom. The van der Waals surface area contributed by atoms with Crippen molar-refractivity contribution in [1.29, 1.82) is 0 Å². The SMILES string of the molecule is c1ccc(-c2cc3nncc(-c4ccccc4)n3n2)cc1. The maximum Gasteiger partial charge on any atom is 0.178 e. The first-order valence-corrected chi connectivity index (χ1v) is 6.74. The van der Waals surface area contributed by atoms with E-state index in [1.807, 2.05) is 71.2 Å². The second-order valence-corrected chi connectivity index (χ2v) is 4.76. The lowest BCUT2D eigenvalue weighted by atomic mass is 10.2. The van der Waals surface area contributed by atoms with E-state index >= 15 is 0 Å². The molecule has 100 valence electrons. The molecule has 0 spiro atoms. The number of aromatic nitrogens is 4. The van der Waals surface area contributed by atoms with Gasteiger partial charge in [-0.15, -0.1) is 5.10 Å². The lowest BCUT2D eigenvalue weighted by Gasteiger charge is -2.02. The van der Waals surface area contributed by atoms with Gasteiger partial charge in [0.2, 0.25) is 0 Å². The molecule has 0 aliphatic rings. The molecular weight excluding hydrogens is 260 g/mol. The zero-order valence-electron chi connectivity index (χ0n) is 11.2. The molecule has 2 aromatic heterocycles. The number of rotatable bonds is 2. The van der Waals surface area contributed by atoms with Gasteiger partial charge in [0.25, 0.3) is 0 Å². The molecule has 4 rings (SSSR count). The van der Waals surface area contributed by atoms with Crippen LogP contribution in [-0.4, -0.2) is 19.8 Å². The molecule has 0 N–H and O–H groups in total. The summed E-state index contributed by atoms with van der Waals surface area (Å²) in [4.78, 5) is 0. The number of hydrogen-bond donors (Lipinski definition) is 0. The van der Waals surface area contributed by atoms with Gasteiger partial charge in [-0.25, -0.2) is 4.52 Å². The minimum Gasteiger partial charge on any atom is -0.211 e. The van der Waals surface area contributed by atoms with Gasteiger partial charge in [-0.05, 0) is 0 Å². The van der Waals surface area contributed by atoms with Crippen molar-refractivity contribution < 1.29 is 0 Å². The molecule has 2 aromatic carbocycles. The molecule has 4 aromatic rings. The molecule has 0 aliphatic heterocycles. The average molecular weight is 272 g/mol. The van der Waals surface area contributed by atoms with Crippen LogP contribution in [0.3, 0.4) is 0 Å². The average Bonchev–Trinajstić information content (AvgIpc) is 3.00. The Labute approximate surface area is 121 Å². The van der Waals surface area contributed by atoms with E-state index in [2.05, 4.69) is 15.3 Å². The van der Waals surface area contributed by atoms with Gasteiger partial charge in [-0.2, -0.15) is 10.2 Å². The number of benzene rings is 2. The van der Waals surface area contributed by atoms with Gasteiger partial charge in [-0.1, -0.05) is 60.7 Å². The Bertz CT molecular complexity index is 882. The van der Waals surface area contributed by atoms with Crippen LogP contribution in [0.1, 0.15) is 0 Å². The maximum atomic E-state index is 4.67. The standard InChI is InChI=1S/C17H12N4/c1-3-7-13(8-4-1)15-11-17-19-18-12-16(21(17)20-15)14-9-5-2-6-10-14/h1-12H. The summed E-state index contributed by atoms with van der Waals surface area (Å²) in [6.07, 6.45) is 1.74. The quantitative estimate of drug-likeness (QED) is 0.561. The van der Waals surface area contributed by atoms with E-state index in [9.17, 15) is 0 Å². The molecule has 0 amide bonds. The highest BCUT2D eigenvalue weighted by atomic mass is 15.3. The minimum absolute atomic E-state index is 0.746. The fourth-order valence-corrected chi connectivity index (χ4v) is 2.37. The Kier molecular flexibility index (Phi) is 2.71. The Morgan fingerprint density at radius 3 is 2.14 bits per heavy atom. The molecular formula is C17H12N4. The summed E-state index contributed by atoms with van der Waals surface area (Å²) >= 11 is 0. The molecule has 21 heavy (non-hydrogen) atoms. The van der Waals surface area contributed by atoms with Crippen molar-refractivity contribution in [3.05, 3.63) is 72.9 Å². The highest BCUT2D eigenvalue weighted by molar-refractivity contribution is 5.67. The lowest BCUT2D eigenvalue weighted by molar-refractivity contribution is 0.900. The van der Waals surface area contributed by atoms with Gasteiger partial charge < -0.3 is 0 Å². The second-order valence-electron chi connectivity index (χ2n) is 4.76. The fraction of sp³-hybridized carbons (Fsp3) is 0. The third-order valence-electron chi connectivity index (χ3n) is 3.40. The zero-order valence-corrected chi connectivity index (χ0v) is 11.2. The molecule has 0 aliphatic carbocycles. The van der Waals surface area contributed by atoms with Crippen molar-refractivity contribution in [1.82, 2.24) is 19.8 Å². The number of hydrogen-bond acceptors (Lipinski definition) is 3. The van der Waals surface area contributed by atoms with Crippen LogP contribution < -0.4 is 0 Å². The monoisotopic (exact) mass is 272 g/mol. The van der Waals surface area contributed by atoms with Crippen LogP contribution in [-0.2, 0) is 0 Å². The molecule has 0 saturated heterocycles. The van der Waals surface area contributed by atoms with Crippen LogP contribution >= 0.6 is 0 Å². The Morgan fingerprint density at radius 1 is 0.762 bits per heavy atom. The van der Waals surface area contributed by atoms with Gasteiger partial charge in [0, 0.05) is 17.2 Å². The van der Waals surface area contributed by atoms with Crippen molar-refractivity contribution in [2.45, 2.75) is 0 Å². The summed E-state index contributed by atoms with van der Waals surface area (Å²) < 4.78 is 1.84. The molecule has 0 atom stereocenters. The molecule has 0 saturated carbocycles. The summed E-state index contributed by atoms with van der Waals surface area (Å²) in [5.41, 5.74) is 4.72. The van der Waals surface area contributed by atoms with E-state index in [1.54, 1.807) is 6.20 Å². The topological polar surface area (TPSA) is 43.1 Å². The molecule has 0 fully saturated rings. The summed E-state index contributed by atoms with van der Waals surface area (Å²) in [5.74, 6) is 0. The highest BCUT2D eigenvalue weighted by Gasteiger charge is 2.10. The van der Waals surface area contributed by atoms with E-state index in [1.165, 1.54) is 0 Å². The van der Waals surface area contributed by atoms with Gasteiger partial charge in [0.15, 0.2) is 5.65 Å². The molecule has 0 unspecified atom stereocenters. The van der Waals surface area contributed by atoms with Gasteiger partial charge in [0.05, 0.1) is 17.6 Å². The molecule has 2 heterocycles. The third kappa shape index (κ3) is 2.07. The predicted octanol–water partition coefficient (Wildman–Crippen LogP) is 3.46. The second kappa shape index (κ2) is 4.83. The normalized spacial score (nSPS) is 10.9. The largest absolute Gasteiger partial charge is 0.211 e. The van der Waals surface area contributed by atoms with Gasteiger partial charge in [-0.3, -0.25) is 0 Å². The first-order chi connectivity index (χ1) is 10.4. The van der Waals surface area contributed by atoms with E-state index in [0.717, 1.165) is 28.2 Å². The van der Waals surface area contributed by atoms with Crippen LogP contribution in [0.15, 0.2) is 72.9 Å². The van der Waals surface area contributed by atoms with Crippen molar-refractivity contribution >= 4 is 5.65 Å². The fourth-order valence-electron chi connectivity index (χ4n) is 2.37. The number of nitrogens with zero attached hydrogens (tertiary/aromatic N) is 4. The van der Waals surface area contributed by atoms with E-state index in [4.69, 9.17) is 0 Å².